The number of carbonyl (C=O) groups excluding carboxylic acids is 2. The highest BCUT2D eigenvalue weighted by Gasteiger charge is 2.31. The number of amides is 2. The van der Waals surface area contributed by atoms with Gasteiger partial charge in [0.05, 0.1) is 12.6 Å². The molecule has 1 aliphatic rings. The minimum atomic E-state index is -0.526. The van der Waals surface area contributed by atoms with Crippen molar-refractivity contribution in [2.45, 2.75) is 25.4 Å². The quantitative estimate of drug-likeness (QED) is 0.804. The van der Waals surface area contributed by atoms with Crippen LogP contribution in [0.5, 0.6) is 0 Å². The van der Waals surface area contributed by atoms with Gasteiger partial charge in [0.1, 0.15) is 0 Å². The molecule has 0 radical (unpaired) electrons. The molecule has 1 saturated heterocycles. The van der Waals surface area contributed by atoms with Gasteiger partial charge in [-0.1, -0.05) is 30.3 Å². The Balaban J connectivity index is 0.00000144. The molecule has 1 atom stereocenters. The van der Waals surface area contributed by atoms with Gasteiger partial charge in [0.25, 0.3) is 0 Å². The van der Waals surface area contributed by atoms with Crippen LogP contribution in [0, 0.1) is 0 Å². The van der Waals surface area contributed by atoms with Crippen molar-refractivity contribution in [1.82, 2.24) is 4.90 Å². The molecule has 1 aromatic rings. The highest BCUT2D eigenvalue weighted by Crippen LogP contribution is 2.15. The molecule has 1 unspecified atom stereocenters. The van der Waals surface area contributed by atoms with Crippen LogP contribution in [0.2, 0.25) is 0 Å². The predicted molar refractivity (Wildman–Crippen MR) is 66.5 cm³/mol. The Morgan fingerprint density at radius 3 is 2.53 bits per heavy atom. The van der Waals surface area contributed by atoms with Crippen LogP contribution in [-0.4, -0.2) is 22.8 Å². The summed E-state index contributed by atoms with van der Waals surface area (Å²) in [5.74, 6) is -0.393. The van der Waals surface area contributed by atoms with E-state index in [4.69, 9.17) is 5.73 Å². The van der Waals surface area contributed by atoms with E-state index in [1.54, 1.807) is 0 Å². The van der Waals surface area contributed by atoms with Gasteiger partial charge in [-0.05, 0) is 12.0 Å². The minimum Gasteiger partial charge on any atom is -0.320 e. The van der Waals surface area contributed by atoms with E-state index in [0.717, 1.165) is 5.56 Å². The number of hydrogen-bond donors (Lipinski definition) is 1. The van der Waals surface area contributed by atoms with Gasteiger partial charge in [-0.15, -0.1) is 12.4 Å². The van der Waals surface area contributed by atoms with E-state index < -0.39 is 6.04 Å². The number of rotatable bonds is 2. The molecule has 1 fully saturated rings. The molecule has 0 aliphatic carbocycles. The molecule has 4 nitrogen and oxygen atoms in total. The predicted octanol–water partition coefficient (Wildman–Crippen LogP) is 1.08. The summed E-state index contributed by atoms with van der Waals surface area (Å²) in [5.41, 5.74) is 6.58. The van der Waals surface area contributed by atoms with Crippen molar-refractivity contribution >= 4 is 24.2 Å². The number of nitrogens with zero attached hydrogens (tertiary/aromatic N) is 1. The van der Waals surface area contributed by atoms with Crippen LogP contribution in [0.1, 0.15) is 18.4 Å². The van der Waals surface area contributed by atoms with Crippen molar-refractivity contribution < 1.29 is 9.59 Å². The maximum absolute atomic E-state index is 11.7. The van der Waals surface area contributed by atoms with E-state index in [2.05, 4.69) is 0 Å². The number of hydrogen-bond acceptors (Lipinski definition) is 3. The lowest BCUT2D eigenvalue weighted by Gasteiger charge is -2.28. The molecule has 0 aromatic heterocycles. The Kier molecular flexibility index (Phi) is 4.66. The number of nitrogens with two attached hydrogens (primary N) is 1. The van der Waals surface area contributed by atoms with Crippen molar-refractivity contribution in [2.24, 2.45) is 5.73 Å². The lowest BCUT2D eigenvalue weighted by molar-refractivity contribution is -0.149. The second kappa shape index (κ2) is 5.80. The van der Waals surface area contributed by atoms with Gasteiger partial charge in [0, 0.05) is 6.42 Å². The third-order valence-corrected chi connectivity index (χ3v) is 2.74. The van der Waals surface area contributed by atoms with Crippen molar-refractivity contribution in [3.8, 4) is 0 Å². The first-order valence-electron chi connectivity index (χ1n) is 5.32. The van der Waals surface area contributed by atoms with Crippen LogP contribution in [0.15, 0.2) is 30.3 Å². The molecule has 92 valence electrons. The summed E-state index contributed by atoms with van der Waals surface area (Å²) in [6.45, 7) is 0.326. The van der Waals surface area contributed by atoms with E-state index in [1.165, 1.54) is 4.90 Å². The highest BCUT2D eigenvalue weighted by molar-refractivity contribution is 6.00. The van der Waals surface area contributed by atoms with Gasteiger partial charge >= 0.3 is 0 Å². The Bertz CT molecular complexity index is 408. The fourth-order valence-electron chi connectivity index (χ4n) is 1.79. The van der Waals surface area contributed by atoms with E-state index in [-0.39, 0.29) is 24.2 Å². The SMILES string of the molecule is Cl.NC1CCC(=O)N(Cc2ccccc2)C1=O. The molecule has 2 amide bonds. The smallest absolute Gasteiger partial charge is 0.246 e. The van der Waals surface area contributed by atoms with Crippen molar-refractivity contribution in [3.05, 3.63) is 35.9 Å². The third kappa shape index (κ3) is 3.05. The Hall–Kier alpha value is -1.39. The number of imide groups is 1. The molecule has 0 spiro atoms. The molecule has 1 aromatic carbocycles. The summed E-state index contributed by atoms with van der Waals surface area (Å²) in [5, 5.41) is 0. The number of carbonyl (C=O) groups is 2. The fourth-order valence-corrected chi connectivity index (χ4v) is 1.79. The first-order chi connectivity index (χ1) is 7.68. The Labute approximate surface area is 106 Å². The van der Waals surface area contributed by atoms with Gasteiger partial charge in [-0.3, -0.25) is 14.5 Å². The van der Waals surface area contributed by atoms with Crippen LogP contribution in [0.3, 0.4) is 0 Å². The molecule has 0 bridgehead atoms. The van der Waals surface area contributed by atoms with Gasteiger partial charge in [0.15, 0.2) is 0 Å². The molecule has 0 saturated carbocycles. The van der Waals surface area contributed by atoms with Gasteiger partial charge in [-0.25, -0.2) is 0 Å². The second-order valence-corrected chi connectivity index (χ2v) is 3.95. The average Bonchev–Trinajstić information content (AvgIpc) is 2.31. The number of halogens is 1. The van der Waals surface area contributed by atoms with Crippen LogP contribution >= 0.6 is 12.4 Å². The normalized spacial score (nSPS) is 20.1. The summed E-state index contributed by atoms with van der Waals surface area (Å²) in [6.07, 6.45) is 0.822. The van der Waals surface area contributed by atoms with Gasteiger partial charge < -0.3 is 5.73 Å². The number of likely N-dealkylation sites (tertiary alicyclic amines) is 1. The molecular weight excluding hydrogens is 240 g/mol. The average molecular weight is 255 g/mol. The molecule has 1 heterocycles. The van der Waals surface area contributed by atoms with Crippen molar-refractivity contribution in [1.29, 1.82) is 0 Å². The zero-order chi connectivity index (χ0) is 11.5. The van der Waals surface area contributed by atoms with Gasteiger partial charge in [-0.2, -0.15) is 0 Å². The minimum absolute atomic E-state index is 0. The first-order valence-corrected chi connectivity index (χ1v) is 5.32. The summed E-state index contributed by atoms with van der Waals surface area (Å²) in [6, 6.07) is 8.92. The highest BCUT2D eigenvalue weighted by atomic mass is 35.5. The van der Waals surface area contributed by atoms with Crippen LogP contribution < -0.4 is 5.73 Å². The molecule has 2 N–H and O–H groups in total. The third-order valence-electron chi connectivity index (χ3n) is 2.74. The lowest BCUT2D eigenvalue weighted by atomic mass is 10.0. The fraction of sp³-hybridized carbons (Fsp3) is 0.333. The zero-order valence-corrected chi connectivity index (χ0v) is 10.2. The lowest BCUT2D eigenvalue weighted by Crippen LogP contribution is -2.50. The number of piperidine rings is 1. The summed E-state index contributed by atoms with van der Waals surface area (Å²) < 4.78 is 0. The van der Waals surface area contributed by atoms with Crippen molar-refractivity contribution in [3.63, 3.8) is 0 Å². The summed E-state index contributed by atoms with van der Waals surface area (Å²) in [7, 11) is 0. The van der Waals surface area contributed by atoms with E-state index in [0.29, 0.717) is 19.4 Å². The molecule has 2 rings (SSSR count). The van der Waals surface area contributed by atoms with Gasteiger partial charge in [0.2, 0.25) is 11.8 Å². The van der Waals surface area contributed by atoms with E-state index >= 15 is 0 Å². The maximum atomic E-state index is 11.7. The molecule has 5 heteroatoms. The van der Waals surface area contributed by atoms with Crippen molar-refractivity contribution in [2.75, 3.05) is 0 Å². The van der Waals surface area contributed by atoms with E-state index in [1.807, 2.05) is 30.3 Å². The molecule has 1 aliphatic heterocycles. The van der Waals surface area contributed by atoms with Crippen LogP contribution in [0.4, 0.5) is 0 Å². The zero-order valence-electron chi connectivity index (χ0n) is 9.33. The standard InChI is InChI=1S/C12H14N2O2.ClH/c13-10-6-7-11(15)14(12(10)16)8-9-4-2-1-3-5-9;/h1-5,10H,6-8,13H2;1H. The summed E-state index contributed by atoms with van der Waals surface area (Å²) >= 11 is 0. The Morgan fingerprint density at radius 1 is 1.24 bits per heavy atom. The largest absolute Gasteiger partial charge is 0.320 e. The Morgan fingerprint density at radius 2 is 1.88 bits per heavy atom. The molecule has 17 heavy (non-hydrogen) atoms. The van der Waals surface area contributed by atoms with Crippen LogP contribution in [0.25, 0.3) is 0 Å². The topological polar surface area (TPSA) is 63.4 Å². The summed E-state index contributed by atoms with van der Waals surface area (Å²) in [4.78, 5) is 24.6. The molecular formula is C12H15ClN2O2. The second-order valence-electron chi connectivity index (χ2n) is 3.95. The number of benzene rings is 1. The van der Waals surface area contributed by atoms with Crippen LogP contribution in [-0.2, 0) is 16.1 Å². The maximum Gasteiger partial charge on any atom is 0.246 e. The monoisotopic (exact) mass is 254 g/mol. The van der Waals surface area contributed by atoms with E-state index in [9.17, 15) is 9.59 Å². The first kappa shape index (κ1) is 13.7.